The van der Waals surface area contributed by atoms with Crippen molar-refractivity contribution in [2.24, 2.45) is 0 Å². The van der Waals surface area contributed by atoms with E-state index in [1.165, 1.54) is 22.8 Å². The predicted molar refractivity (Wildman–Crippen MR) is 103 cm³/mol. The van der Waals surface area contributed by atoms with Gasteiger partial charge in [-0.3, -0.25) is 4.79 Å². The molecular weight excluding hydrogens is 348 g/mol. The number of carbonyl (C=O) groups is 2. The van der Waals surface area contributed by atoms with Gasteiger partial charge >= 0.3 is 6.03 Å². The van der Waals surface area contributed by atoms with Crippen LogP contribution in [0.4, 0.5) is 16.3 Å². The van der Waals surface area contributed by atoms with Crippen LogP contribution in [0, 0.1) is 0 Å². The summed E-state index contributed by atoms with van der Waals surface area (Å²) < 4.78 is 10.00. The molecule has 0 bridgehead atoms. The molecule has 0 radical (unpaired) electrons. The third-order valence-electron chi connectivity index (χ3n) is 3.86. The van der Waals surface area contributed by atoms with Crippen LogP contribution in [0.15, 0.2) is 41.1 Å². The highest BCUT2D eigenvalue weighted by Crippen LogP contribution is 2.11. The van der Waals surface area contributed by atoms with E-state index in [9.17, 15) is 9.59 Å². The molecule has 8 nitrogen and oxygen atoms in total. The Balaban J connectivity index is 1.95. The molecule has 27 heavy (non-hydrogen) atoms. The molecule has 1 aromatic carbocycles. The lowest BCUT2D eigenvalue weighted by molar-refractivity contribution is -0.116. The zero-order chi connectivity index (χ0) is 19.5. The smallest absolute Gasteiger partial charge is 0.322 e. The first-order chi connectivity index (χ1) is 13.1. The van der Waals surface area contributed by atoms with Gasteiger partial charge in [0.25, 0.3) is 0 Å². The van der Waals surface area contributed by atoms with Gasteiger partial charge in [0.05, 0.1) is 0 Å². The van der Waals surface area contributed by atoms with Crippen molar-refractivity contribution in [1.29, 1.82) is 0 Å². The molecule has 0 unspecified atom stereocenters. The van der Waals surface area contributed by atoms with Gasteiger partial charge in [0.2, 0.25) is 5.91 Å². The number of amides is 3. The number of urea groups is 1. The lowest BCUT2D eigenvalue weighted by Crippen LogP contribution is -2.41. The molecular formula is C19H26N4O4. The topological polar surface area (TPSA) is 96.7 Å². The van der Waals surface area contributed by atoms with E-state index in [1.807, 2.05) is 31.2 Å². The Morgan fingerprint density at radius 3 is 2.56 bits per heavy atom. The Morgan fingerprint density at radius 1 is 1.15 bits per heavy atom. The third-order valence-corrected chi connectivity index (χ3v) is 3.86. The zero-order valence-corrected chi connectivity index (χ0v) is 15.7. The van der Waals surface area contributed by atoms with Gasteiger partial charge < -0.3 is 24.8 Å². The summed E-state index contributed by atoms with van der Waals surface area (Å²) in [5.74, 6) is -0.0402. The summed E-state index contributed by atoms with van der Waals surface area (Å²) in [6.07, 6.45) is 2.93. The predicted octanol–water partition coefficient (Wildman–Crippen LogP) is 3.14. The van der Waals surface area contributed by atoms with Crippen LogP contribution in [0.25, 0.3) is 0 Å². The van der Waals surface area contributed by atoms with Gasteiger partial charge in [0.15, 0.2) is 5.82 Å². The van der Waals surface area contributed by atoms with Crippen molar-refractivity contribution in [3.63, 3.8) is 0 Å². The van der Waals surface area contributed by atoms with E-state index < -0.39 is 0 Å². The Labute approximate surface area is 158 Å². The molecule has 2 N–H and O–H groups in total. The number of benzene rings is 1. The molecule has 0 spiro atoms. The van der Waals surface area contributed by atoms with Gasteiger partial charge in [0.1, 0.15) is 12.8 Å². The van der Waals surface area contributed by atoms with E-state index in [-0.39, 0.29) is 18.5 Å². The van der Waals surface area contributed by atoms with E-state index >= 15 is 0 Å². The summed E-state index contributed by atoms with van der Waals surface area (Å²) >= 11 is 0. The zero-order valence-electron chi connectivity index (χ0n) is 15.7. The van der Waals surface area contributed by atoms with E-state index in [0.29, 0.717) is 37.7 Å². The summed E-state index contributed by atoms with van der Waals surface area (Å²) in [6, 6.07) is 8.83. The molecule has 0 aliphatic rings. The molecule has 0 saturated carbocycles. The SMILES string of the molecule is CCOCCCN(CC(=O)Nc1ccon1)C(=O)Nc1ccc(CC)cc1. The van der Waals surface area contributed by atoms with E-state index in [4.69, 9.17) is 4.74 Å². The van der Waals surface area contributed by atoms with E-state index in [1.54, 1.807) is 0 Å². The third kappa shape index (κ3) is 7.10. The largest absolute Gasteiger partial charge is 0.382 e. The monoisotopic (exact) mass is 374 g/mol. The van der Waals surface area contributed by atoms with Crippen LogP contribution in [-0.2, 0) is 16.0 Å². The minimum absolute atomic E-state index is 0.0993. The first kappa shape index (κ1) is 20.4. The molecule has 1 heterocycles. The molecule has 2 aromatic rings. The first-order valence-corrected chi connectivity index (χ1v) is 9.05. The number of nitrogens with zero attached hydrogens (tertiary/aromatic N) is 2. The molecule has 1 aromatic heterocycles. The van der Waals surface area contributed by atoms with E-state index in [2.05, 4.69) is 27.2 Å². The number of rotatable bonds is 10. The van der Waals surface area contributed by atoms with Crippen molar-refractivity contribution in [2.45, 2.75) is 26.7 Å². The fraction of sp³-hybridized carbons (Fsp3) is 0.421. The molecule has 0 saturated heterocycles. The summed E-state index contributed by atoms with van der Waals surface area (Å²) in [7, 11) is 0. The summed E-state index contributed by atoms with van der Waals surface area (Å²) in [4.78, 5) is 26.3. The standard InChI is InChI=1S/C19H26N4O4/c1-3-15-6-8-16(9-7-15)20-19(25)23(11-5-12-26-4-2)14-18(24)21-17-10-13-27-22-17/h6-10,13H,3-5,11-12,14H2,1-2H3,(H,20,25)(H,21,22,24). The number of anilines is 2. The summed E-state index contributed by atoms with van der Waals surface area (Å²) in [5, 5.41) is 9.05. The van der Waals surface area contributed by atoms with Gasteiger partial charge in [-0.2, -0.15) is 0 Å². The van der Waals surface area contributed by atoms with Crippen LogP contribution in [-0.4, -0.2) is 48.3 Å². The van der Waals surface area contributed by atoms with Crippen molar-refractivity contribution >= 4 is 23.4 Å². The van der Waals surface area contributed by atoms with Crippen LogP contribution in [0.5, 0.6) is 0 Å². The Bertz CT molecular complexity index is 701. The van der Waals surface area contributed by atoms with Crippen LogP contribution >= 0.6 is 0 Å². The number of aryl methyl sites for hydroxylation is 1. The van der Waals surface area contributed by atoms with Gasteiger partial charge in [-0.15, -0.1) is 0 Å². The molecule has 8 heteroatoms. The van der Waals surface area contributed by atoms with Crippen LogP contribution in [0.1, 0.15) is 25.8 Å². The second-order valence-corrected chi connectivity index (χ2v) is 5.89. The second kappa shape index (κ2) is 11.0. The first-order valence-electron chi connectivity index (χ1n) is 9.05. The second-order valence-electron chi connectivity index (χ2n) is 5.89. The summed E-state index contributed by atoms with van der Waals surface area (Å²) in [5.41, 5.74) is 1.87. The number of hydrogen-bond acceptors (Lipinski definition) is 5. The van der Waals surface area contributed by atoms with Crippen molar-refractivity contribution in [3.8, 4) is 0 Å². The highest BCUT2D eigenvalue weighted by Gasteiger charge is 2.18. The maximum atomic E-state index is 12.6. The molecule has 146 valence electrons. The van der Waals surface area contributed by atoms with Gasteiger partial charge in [-0.05, 0) is 37.5 Å². The maximum Gasteiger partial charge on any atom is 0.322 e. The number of carbonyl (C=O) groups excluding carboxylic acids is 2. The normalized spacial score (nSPS) is 10.4. The molecule has 3 amide bonds. The fourth-order valence-electron chi connectivity index (χ4n) is 2.41. The maximum absolute atomic E-state index is 12.6. The lowest BCUT2D eigenvalue weighted by Gasteiger charge is -2.22. The molecule has 0 aliphatic carbocycles. The minimum Gasteiger partial charge on any atom is -0.382 e. The number of ether oxygens (including phenoxy) is 1. The fourth-order valence-corrected chi connectivity index (χ4v) is 2.41. The van der Waals surface area contributed by atoms with Crippen molar-refractivity contribution in [2.75, 3.05) is 36.9 Å². The van der Waals surface area contributed by atoms with Crippen molar-refractivity contribution in [1.82, 2.24) is 10.1 Å². The number of aromatic nitrogens is 1. The van der Waals surface area contributed by atoms with Crippen molar-refractivity contribution < 1.29 is 18.8 Å². The minimum atomic E-state index is -0.350. The van der Waals surface area contributed by atoms with Crippen LogP contribution in [0.3, 0.4) is 0 Å². The van der Waals surface area contributed by atoms with E-state index in [0.717, 1.165) is 6.42 Å². The highest BCUT2D eigenvalue weighted by atomic mass is 16.5. The average Bonchev–Trinajstić information content (AvgIpc) is 3.17. The van der Waals surface area contributed by atoms with Gasteiger partial charge in [-0.25, -0.2) is 4.79 Å². The summed E-state index contributed by atoms with van der Waals surface area (Å²) in [6.45, 7) is 5.42. The van der Waals surface area contributed by atoms with Crippen LogP contribution in [0.2, 0.25) is 0 Å². The molecule has 0 aliphatic heterocycles. The number of nitrogens with one attached hydrogen (secondary N) is 2. The number of hydrogen-bond donors (Lipinski definition) is 2. The highest BCUT2D eigenvalue weighted by molar-refractivity contribution is 5.96. The Morgan fingerprint density at radius 2 is 1.93 bits per heavy atom. The Kier molecular flexibility index (Phi) is 8.31. The Hall–Kier alpha value is -2.87. The lowest BCUT2D eigenvalue weighted by atomic mass is 10.1. The van der Waals surface area contributed by atoms with Gasteiger partial charge in [-0.1, -0.05) is 24.2 Å². The van der Waals surface area contributed by atoms with Crippen LogP contribution < -0.4 is 10.6 Å². The molecule has 0 fully saturated rings. The van der Waals surface area contributed by atoms with Crippen molar-refractivity contribution in [3.05, 3.63) is 42.2 Å². The van der Waals surface area contributed by atoms with Gasteiger partial charge in [0, 0.05) is 31.5 Å². The average molecular weight is 374 g/mol. The molecule has 0 atom stereocenters. The quantitative estimate of drug-likeness (QED) is 0.623. The molecule has 2 rings (SSSR count).